The second kappa shape index (κ2) is 3.51. The van der Waals surface area contributed by atoms with Crippen LogP contribution in [0.15, 0.2) is 30.3 Å². The van der Waals surface area contributed by atoms with E-state index in [1.54, 1.807) is 0 Å². The van der Waals surface area contributed by atoms with Crippen LogP contribution in [0.2, 0.25) is 0 Å². The van der Waals surface area contributed by atoms with Crippen molar-refractivity contribution >= 4 is 0 Å². The van der Waals surface area contributed by atoms with E-state index in [4.69, 9.17) is 4.74 Å². The topological polar surface area (TPSA) is 9.23 Å². The van der Waals surface area contributed by atoms with Crippen LogP contribution in [0.1, 0.15) is 31.2 Å². The fourth-order valence-corrected chi connectivity index (χ4v) is 2.30. The Labute approximate surface area is 79.7 Å². The van der Waals surface area contributed by atoms with Crippen LogP contribution in [0.25, 0.3) is 0 Å². The second-order valence-corrected chi connectivity index (χ2v) is 3.77. The van der Waals surface area contributed by atoms with Crippen LogP contribution in [0.3, 0.4) is 0 Å². The Morgan fingerprint density at radius 3 is 2.23 bits per heavy atom. The van der Waals surface area contributed by atoms with Crippen molar-refractivity contribution in [2.24, 2.45) is 0 Å². The van der Waals surface area contributed by atoms with Crippen molar-refractivity contribution in [1.82, 2.24) is 0 Å². The van der Waals surface area contributed by atoms with Gasteiger partial charge in [-0.25, -0.2) is 0 Å². The van der Waals surface area contributed by atoms with E-state index in [0.29, 0.717) is 0 Å². The average molecular weight is 176 g/mol. The normalized spacial score (nSPS) is 20.4. The van der Waals surface area contributed by atoms with Crippen LogP contribution in [0, 0.1) is 0 Å². The molecule has 1 fully saturated rings. The molecule has 0 heterocycles. The first kappa shape index (κ1) is 8.76. The predicted octanol–water partition coefficient (Wildman–Crippen LogP) is 3.10. The Bertz CT molecular complexity index is 260. The molecule has 0 unspecified atom stereocenters. The minimum Gasteiger partial charge on any atom is -0.374 e. The lowest BCUT2D eigenvalue weighted by atomic mass is 9.92. The zero-order valence-electron chi connectivity index (χ0n) is 8.12. The van der Waals surface area contributed by atoms with Crippen LogP contribution in [-0.2, 0) is 10.3 Å². The zero-order chi connectivity index (χ0) is 9.15. The smallest absolute Gasteiger partial charge is 0.0927 e. The highest BCUT2D eigenvalue weighted by Gasteiger charge is 2.35. The maximum absolute atomic E-state index is 5.68. The molecular weight excluding hydrogens is 160 g/mol. The van der Waals surface area contributed by atoms with Crippen LogP contribution in [-0.4, -0.2) is 7.11 Å². The first-order chi connectivity index (χ1) is 6.37. The summed E-state index contributed by atoms with van der Waals surface area (Å²) in [5.41, 5.74) is 1.37. The number of ether oxygens (including phenoxy) is 1. The SMILES string of the molecule is COC1(c2ccccc2)CCCC1. The quantitative estimate of drug-likeness (QED) is 0.672. The Balaban J connectivity index is 2.31. The molecule has 1 heteroatoms. The van der Waals surface area contributed by atoms with E-state index >= 15 is 0 Å². The van der Waals surface area contributed by atoms with Gasteiger partial charge in [0.05, 0.1) is 5.60 Å². The summed E-state index contributed by atoms with van der Waals surface area (Å²) in [6, 6.07) is 10.6. The highest BCUT2D eigenvalue weighted by atomic mass is 16.5. The van der Waals surface area contributed by atoms with Crippen LogP contribution < -0.4 is 0 Å². The van der Waals surface area contributed by atoms with Gasteiger partial charge in [-0.1, -0.05) is 43.2 Å². The molecule has 0 atom stereocenters. The molecule has 0 amide bonds. The van der Waals surface area contributed by atoms with Crippen molar-refractivity contribution in [3.05, 3.63) is 35.9 Å². The van der Waals surface area contributed by atoms with Gasteiger partial charge >= 0.3 is 0 Å². The van der Waals surface area contributed by atoms with Gasteiger partial charge in [-0.15, -0.1) is 0 Å². The van der Waals surface area contributed by atoms with E-state index in [1.165, 1.54) is 31.2 Å². The van der Waals surface area contributed by atoms with Gasteiger partial charge in [0.1, 0.15) is 0 Å². The fraction of sp³-hybridized carbons (Fsp3) is 0.500. The summed E-state index contributed by atoms with van der Waals surface area (Å²) in [6.07, 6.45) is 4.94. The Hall–Kier alpha value is -0.820. The fourth-order valence-electron chi connectivity index (χ4n) is 2.30. The predicted molar refractivity (Wildman–Crippen MR) is 53.6 cm³/mol. The first-order valence-corrected chi connectivity index (χ1v) is 4.98. The lowest BCUT2D eigenvalue weighted by molar-refractivity contribution is -0.00869. The standard InChI is InChI=1S/C12H16O/c1-13-12(9-5-6-10-12)11-7-3-2-4-8-11/h2-4,7-8H,5-6,9-10H2,1H3. The number of methoxy groups -OCH3 is 1. The summed E-state index contributed by atoms with van der Waals surface area (Å²) in [5, 5.41) is 0. The molecule has 0 bridgehead atoms. The molecule has 70 valence electrons. The molecule has 0 spiro atoms. The third-order valence-electron chi connectivity index (χ3n) is 3.10. The maximum Gasteiger partial charge on any atom is 0.0927 e. The van der Waals surface area contributed by atoms with E-state index in [0.717, 1.165) is 0 Å². The minimum atomic E-state index is 0.0290. The van der Waals surface area contributed by atoms with Gasteiger partial charge in [0, 0.05) is 7.11 Å². The number of rotatable bonds is 2. The lowest BCUT2D eigenvalue weighted by Gasteiger charge is -2.27. The summed E-state index contributed by atoms with van der Waals surface area (Å²) >= 11 is 0. The maximum atomic E-state index is 5.68. The van der Waals surface area contributed by atoms with Gasteiger partial charge in [-0.2, -0.15) is 0 Å². The van der Waals surface area contributed by atoms with Crippen molar-refractivity contribution in [3.63, 3.8) is 0 Å². The van der Waals surface area contributed by atoms with Crippen molar-refractivity contribution in [2.75, 3.05) is 7.11 Å². The lowest BCUT2D eigenvalue weighted by Crippen LogP contribution is -2.23. The minimum absolute atomic E-state index is 0.0290. The van der Waals surface area contributed by atoms with E-state index in [1.807, 2.05) is 7.11 Å². The van der Waals surface area contributed by atoms with Crippen LogP contribution in [0.5, 0.6) is 0 Å². The van der Waals surface area contributed by atoms with Crippen molar-refractivity contribution in [1.29, 1.82) is 0 Å². The molecule has 1 aliphatic rings. The molecule has 1 aromatic carbocycles. The highest BCUT2D eigenvalue weighted by Crippen LogP contribution is 2.41. The number of benzene rings is 1. The van der Waals surface area contributed by atoms with E-state index in [9.17, 15) is 0 Å². The molecule has 1 aliphatic carbocycles. The summed E-state index contributed by atoms with van der Waals surface area (Å²) in [5.74, 6) is 0. The molecule has 0 radical (unpaired) electrons. The van der Waals surface area contributed by atoms with E-state index < -0.39 is 0 Å². The summed E-state index contributed by atoms with van der Waals surface area (Å²) < 4.78 is 5.68. The highest BCUT2D eigenvalue weighted by molar-refractivity contribution is 5.23. The summed E-state index contributed by atoms with van der Waals surface area (Å²) in [6.45, 7) is 0. The van der Waals surface area contributed by atoms with Gasteiger partial charge in [0.2, 0.25) is 0 Å². The Morgan fingerprint density at radius 1 is 1.08 bits per heavy atom. The summed E-state index contributed by atoms with van der Waals surface area (Å²) in [7, 11) is 1.83. The molecule has 1 saturated carbocycles. The van der Waals surface area contributed by atoms with Gasteiger partial charge in [-0.05, 0) is 18.4 Å². The van der Waals surface area contributed by atoms with Gasteiger partial charge < -0.3 is 4.74 Å². The molecule has 1 nitrogen and oxygen atoms in total. The summed E-state index contributed by atoms with van der Waals surface area (Å²) in [4.78, 5) is 0. The third kappa shape index (κ3) is 1.49. The van der Waals surface area contributed by atoms with Gasteiger partial charge in [0.25, 0.3) is 0 Å². The molecule has 0 aliphatic heterocycles. The molecule has 0 N–H and O–H groups in total. The van der Waals surface area contributed by atoms with Crippen LogP contribution in [0.4, 0.5) is 0 Å². The molecular formula is C12H16O. The van der Waals surface area contributed by atoms with Gasteiger partial charge in [0.15, 0.2) is 0 Å². The monoisotopic (exact) mass is 176 g/mol. The molecule has 1 aromatic rings. The van der Waals surface area contributed by atoms with Gasteiger partial charge in [-0.3, -0.25) is 0 Å². The first-order valence-electron chi connectivity index (χ1n) is 4.98. The molecule has 0 aromatic heterocycles. The molecule has 0 saturated heterocycles. The number of hydrogen-bond donors (Lipinski definition) is 0. The third-order valence-corrected chi connectivity index (χ3v) is 3.10. The Morgan fingerprint density at radius 2 is 1.69 bits per heavy atom. The second-order valence-electron chi connectivity index (χ2n) is 3.77. The van der Waals surface area contributed by atoms with Crippen molar-refractivity contribution < 1.29 is 4.74 Å². The Kier molecular flexibility index (Phi) is 2.36. The molecule has 13 heavy (non-hydrogen) atoms. The van der Waals surface area contributed by atoms with Crippen LogP contribution >= 0.6 is 0 Å². The molecule has 2 rings (SSSR count). The van der Waals surface area contributed by atoms with E-state index in [2.05, 4.69) is 30.3 Å². The number of hydrogen-bond acceptors (Lipinski definition) is 1. The largest absolute Gasteiger partial charge is 0.374 e. The van der Waals surface area contributed by atoms with Crippen molar-refractivity contribution in [2.45, 2.75) is 31.3 Å². The van der Waals surface area contributed by atoms with Crippen molar-refractivity contribution in [3.8, 4) is 0 Å². The zero-order valence-corrected chi connectivity index (χ0v) is 8.12. The van der Waals surface area contributed by atoms with E-state index in [-0.39, 0.29) is 5.60 Å². The average Bonchev–Trinajstić information content (AvgIpc) is 2.69.